The van der Waals surface area contributed by atoms with Gasteiger partial charge in [-0.2, -0.15) is 4.98 Å². The van der Waals surface area contributed by atoms with Crippen LogP contribution in [0.4, 0.5) is 9.52 Å². The molecule has 21 heavy (non-hydrogen) atoms. The van der Waals surface area contributed by atoms with Gasteiger partial charge in [0.15, 0.2) is 10.8 Å². The first kappa shape index (κ1) is 13.6. The lowest BCUT2D eigenvalue weighted by Gasteiger charge is -2.00. The van der Waals surface area contributed by atoms with Gasteiger partial charge in [0.2, 0.25) is 0 Å². The second-order valence-corrected chi connectivity index (χ2v) is 5.72. The van der Waals surface area contributed by atoms with Crippen LogP contribution < -0.4 is 5.32 Å². The highest BCUT2D eigenvalue weighted by molar-refractivity contribution is 7.22. The van der Waals surface area contributed by atoms with E-state index in [0.717, 1.165) is 16.0 Å². The summed E-state index contributed by atoms with van der Waals surface area (Å²) in [6.45, 7) is 3.88. The third kappa shape index (κ3) is 2.75. The van der Waals surface area contributed by atoms with Crippen molar-refractivity contribution < 1.29 is 9.18 Å². The summed E-state index contributed by atoms with van der Waals surface area (Å²) in [5.41, 5.74) is 2.83. The number of halogens is 1. The summed E-state index contributed by atoms with van der Waals surface area (Å²) in [4.78, 5) is 20.7. The standard InChI is InChI=1S/C15H12FN3OS/c1-8-6-9(2)17-13-12(8)21-15(18-13)19-14(20)10-4-3-5-11(16)7-10/h3-7H,1-2H3,(H,17,18,19,20). The van der Waals surface area contributed by atoms with E-state index < -0.39 is 5.82 Å². The molecule has 0 bridgehead atoms. The highest BCUT2D eigenvalue weighted by Gasteiger charge is 2.12. The van der Waals surface area contributed by atoms with E-state index in [-0.39, 0.29) is 11.5 Å². The van der Waals surface area contributed by atoms with Crippen LogP contribution in [0.15, 0.2) is 30.3 Å². The van der Waals surface area contributed by atoms with E-state index in [1.807, 2.05) is 19.9 Å². The molecule has 0 aliphatic carbocycles. The van der Waals surface area contributed by atoms with E-state index in [1.165, 1.54) is 29.5 Å². The van der Waals surface area contributed by atoms with E-state index >= 15 is 0 Å². The summed E-state index contributed by atoms with van der Waals surface area (Å²) in [7, 11) is 0. The number of anilines is 1. The molecule has 0 saturated carbocycles. The fraction of sp³-hybridized carbons (Fsp3) is 0.133. The molecule has 0 spiro atoms. The fourth-order valence-electron chi connectivity index (χ4n) is 2.08. The van der Waals surface area contributed by atoms with Crippen LogP contribution in [-0.2, 0) is 0 Å². The third-order valence-electron chi connectivity index (χ3n) is 2.98. The maximum atomic E-state index is 13.1. The van der Waals surface area contributed by atoms with Crippen molar-refractivity contribution in [1.29, 1.82) is 0 Å². The summed E-state index contributed by atoms with van der Waals surface area (Å²) in [5.74, 6) is -0.831. The topological polar surface area (TPSA) is 54.9 Å². The van der Waals surface area contributed by atoms with Gasteiger partial charge in [-0.25, -0.2) is 9.37 Å². The quantitative estimate of drug-likeness (QED) is 0.785. The Labute approximate surface area is 124 Å². The Hall–Kier alpha value is -2.34. The van der Waals surface area contributed by atoms with Crippen LogP contribution in [0.25, 0.3) is 10.3 Å². The van der Waals surface area contributed by atoms with E-state index in [1.54, 1.807) is 6.07 Å². The Morgan fingerprint density at radius 3 is 2.81 bits per heavy atom. The highest BCUT2D eigenvalue weighted by atomic mass is 32.1. The first-order valence-corrected chi connectivity index (χ1v) is 7.16. The van der Waals surface area contributed by atoms with Gasteiger partial charge in [0.25, 0.3) is 5.91 Å². The van der Waals surface area contributed by atoms with E-state index in [0.29, 0.717) is 10.8 Å². The first-order chi connectivity index (χ1) is 10.0. The number of hydrogen-bond donors (Lipinski definition) is 1. The molecular weight excluding hydrogens is 289 g/mol. The predicted octanol–water partition coefficient (Wildman–Crippen LogP) is 3.70. The lowest BCUT2D eigenvalue weighted by molar-refractivity contribution is 0.102. The average molecular weight is 301 g/mol. The molecule has 0 aliphatic rings. The van der Waals surface area contributed by atoms with Gasteiger partial charge in [0, 0.05) is 11.3 Å². The molecule has 2 heterocycles. The fourth-order valence-corrected chi connectivity index (χ4v) is 2.95. The maximum Gasteiger partial charge on any atom is 0.257 e. The number of rotatable bonds is 2. The molecule has 1 N–H and O–H groups in total. The van der Waals surface area contributed by atoms with Gasteiger partial charge in [-0.05, 0) is 43.7 Å². The molecule has 2 aromatic heterocycles. The number of carbonyl (C=O) groups is 1. The van der Waals surface area contributed by atoms with Crippen molar-refractivity contribution in [2.45, 2.75) is 13.8 Å². The molecule has 0 aliphatic heterocycles. The molecule has 0 atom stereocenters. The Morgan fingerprint density at radius 1 is 1.24 bits per heavy atom. The molecule has 6 heteroatoms. The van der Waals surface area contributed by atoms with Crippen molar-refractivity contribution in [3.63, 3.8) is 0 Å². The molecule has 0 unspecified atom stereocenters. The molecule has 0 fully saturated rings. The van der Waals surface area contributed by atoms with Crippen molar-refractivity contribution >= 4 is 32.7 Å². The van der Waals surface area contributed by atoms with Crippen molar-refractivity contribution in [3.8, 4) is 0 Å². The molecule has 3 aromatic rings. The Kier molecular flexibility index (Phi) is 3.39. The summed E-state index contributed by atoms with van der Waals surface area (Å²) >= 11 is 1.36. The monoisotopic (exact) mass is 301 g/mol. The zero-order valence-electron chi connectivity index (χ0n) is 11.5. The lowest BCUT2D eigenvalue weighted by Crippen LogP contribution is -2.11. The number of carbonyl (C=O) groups excluding carboxylic acids is 1. The molecule has 0 saturated heterocycles. The van der Waals surface area contributed by atoms with Crippen LogP contribution in [0.1, 0.15) is 21.6 Å². The van der Waals surface area contributed by atoms with Gasteiger partial charge in [-0.15, -0.1) is 0 Å². The van der Waals surface area contributed by atoms with Crippen LogP contribution in [0, 0.1) is 19.7 Å². The number of aromatic nitrogens is 2. The van der Waals surface area contributed by atoms with Crippen LogP contribution >= 0.6 is 11.3 Å². The maximum absolute atomic E-state index is 13.1. The second kappa shape index (κ2) is 5.21. The number of nitrogens with one attached hydrogen (secondary N) is 1. The number of pyridine rings is 1. The van der Waals surface area contributed by atoms with Crippen molar-refractivity contribution in [1.82, 2.24) is 9.97 Å². The SMILES string of the molecule is Cc1cc(C)c2sc(NC(=O)c3cccc(F)c3)nc2n1. The number of aryl methyl sites for hydroxylation is 2. The minimum absolute atomic E-state index is 0.259. The van der Waals surface area contributed by atoms with Crippen LogP contribution in [-0.4, -0.2) is 15.9 Å². The van der Waals surface area contributed by atoms with Crippen molar-refractivity contribution in [3.05, 3.63) is 53.0 Å². The molecule has 0 radical (unpaired) electrons. The van der Waals surface area contributed by atoms with Crippen molar-refractivity contribution in [2.75, 3.05) is 5.32 Å². The Bertz CT molecular complexity index is 844. The molecule has 3 rings (SSSR count). The zero-order chi connectivity index (χ0) is 15.0. The minimum Gasteiger partial charge on any atom is -0.298 e. The van der Waals surface area contributed by atoms with Gasteiger partial charge < -0.3 is 0 Å². The summed E-state index contributed by atoms with van der Waals surface area (Å²) < 4.78 is 14.1. The van der Waals surface area contributed by atoms with Crippen LogP contribution in [0.2, 0.25) is 0 Å². The van der Waals surface area contributed by atoms with E-state index in [9.17, 15) is 9.18 Å². The zero-order valence-corrected chi connectivity index (χ0v) is 12.3. The Balaban J connectivity index is 1.91. The summed E-state index contributed by atoms with van der Waals surface area (Å²) in [5, 5.41) is 3.14. The molecule has 4 nitrogen and oxygen atoms in total. The third-order valence-corrected chi connectivity index (χ3v) is 4.08. The van der Waals surface area contributed by atoms with E-state index in [4.69, 9.17) is 0 Å². The molecule has 1 aromatic carbocycles. The normalized spacial score (nSPS) is 10.8. The Morgan fingerprint density at radius 2 is 2.05 bits per heavy atom. The second-order valence-electron chi connectivity index (χ2n) is 4.72. The van der Waals surface area contributed by atoms with E-state index in [2.05, 4.69) is 15.3 Å². The minimum atomic E-state index is -0.444. The molecule has 106 valence electrons. The van der Waals surface area contributed by atoms with Crippen LogP contribution in [0.5, 0.6) is 0 Å². The van der Waals surface area contributed by atoms with Gasteiger partial charge in [0.05, 0.1) is 4.70 Å². The van der Waals surface area contributed by atoms with Gasteiger partial charge in [-0.1, -0.05) is 17.4 Å². The smallest absolute Gasteiger partial charge is 0.257 e. The molecular formula is C15H12FN3OS. The van der Waals surface area contributed by atoms with Crippen molar-refractivity contribution in [2.24, 2.45) is 0 Å². The predicted molar refractivity (Wildman–Crippen MR) is 81.2 cm³/mol. The molecule has 1 amide bonds. The number of benzene rings is 1. The number of fused-ring (bicyclic) bond motifs is 1. The average Bonchev–Trinajstić information content (AvgIpc) is 2.81. The summed E-state index contributed by atoms with van der Waals surface area (Å²) in [6.07, 6.45) is 0. The number of hydrogen-bond acceptors (Lipinski definition) is 4. The lowest BCUT2D eigenvalue weighted by atomic mass is 10.2. The number of nitrogens with zero attached hydrogens (tertiary/aromatic N) is 2. The number of thiazole rings is 1. The largest absolute Gasteiger partial charge is 0.298 e. The highest BCUT2D eigenvalue weighted by Crippen LogP contribution is 2.28. The van der Waals surface area contributed by atoms with Gasteiger partial charge in [0.1, 0.15) is 5.82 Å². The van der Waals surface area contributed by atoms with Gasteiger partial charge in [-0.3, -0.25) is 10.1 Å². The van der Waals surface area contributed by atoms with Gasteiger partial charge >= 0.3 is 0 Å². The summed E-state index contributed by atoms with van der Waals surface area (Å²) in [6, 6.07) is 7.51. The first-order valence-electron chi connectivity index (χ1n) is 6.34. The number of amides is 1. The van der Waals surface area contributed by atoms with Crippen LogP contribution in [0.3, 0.4) is 0 Å².